The van der Waals surface area contributed by atoms with Gasteiger partial charge in [0.2, 0.25) is 0 Å². The number of nitrogens with one attached hydrogen (secondary N) is 2. The SMILES string of the molecule is Cc1ccc(NC(=O)c2cncc(Nc3cccc(F)c3)c2)cc1C. The van der Waals surface area contributed by atoms with Gasteiger partial charge in [0, 0.05) is 17.6 Å². The molecule has 1 amide bonds. The third-order valence-electron chi connectivity index (χ3n) is 3.88. The van der Waals surface area contributed by atoms with E-state index < -0.39 is 0 Å². The summed E-state index contributed by atoms with van der Waals surface area (Å²) in [6.07, 6.45) is 3.07. The summed E-state index contributed by atoms with van der Waals surface area (Å²) in [5.41, 5.74) is 4.63. The molecule has 25 heavy (non-hydrogen) atoms. The first kappa shape index (κ1) is 16.6. The number of halogens is 1. The summed E-state index contributed by atoms with van der Waals surface area (Å²) >= 11 is 0. The Kier molecular flexibility index (Phi) is 4.75. The van der Waals surface area contributed by atoms with Crippen LogP contribution >= 0.6 is 0 Å². The van der Waals surface area contributed by atoms with Crippen molar-refractivity contribution in [2.45, 2.75) is 13.8 Å². The van der Waals surface area contributed by atoms with Crippen molar-refractivity contribution < 1.29 is 9.18 Å². The molecule has 0 spiro atoms. The maximum atomic E-state index is 13.3. The normalized spacial score (nSPS) is 10.4. The molecule has 0 radical (unpaired) electrons. The zero-order valence-electron chi connectivity index (χ0n) is 14.0. The largest absolute Gasteiger partial charge is 0.354 e. The van der Waals surface area contributed by atoms with Crippen LogP contribution in [0.4, 0.5) is 21.5 Å². The van der Waals surface area contributed by atoms with Crippen LogP contribution in [0.1, 0.15) is 21.5 Å². The number of nitrogens with zero attached hydrogens (tertiary/aromatic N) is 1. The smallest absolute Gasteiger partial charge is 0.257 e. The van der Waals surface area contributed by atoms with Crippen LogP contribution in [0.5, 0.6) is 0 Å². The number of hydrogen-bond acceptors (Lipinski definition) is 3. The number of amides is 1. The van der Waals surface area contributed by atoms with Gasteiger partial charge in [0.25, 0.3) is 5.91 Å². The summed E-state index contributed by atoms with van der Waals surface area (Å²) in [4.78, 5) is 16.5. The zero-order chi connectivity index (χ0) is 17.8. The van der Waals surface area contributed by atoms with E-state index in [-0.39, 0.29) is 11.7 Å². The molecule has 1 aromatic heterocycles. The Hall–Kier alpha value is -3.21. The molecule has 0 aliphatic carbocycles. The van der Waals surface area contributed by atoms with Gasteiger partial charge >= 0.3 is 0 Å². The molecule has 0 unspecified atom stereocenters. The second-order valence-electron chi connectivity index (χ2n) is 5.85. The first-order chi connectivity index (χ1) is 12.0. The van der Waals surface area contributed by atoms with Crippen LogP contribution in [0.25, 0.3) is 0 Å². The predicted octanol–water partition coefficient (Wildman–Crippen LogP) is 4.83. The highest BCUT2D eigenvalue weighted by atomic mass is 19.1. The molecule has 5 heteroatoms. The molecular weight excluding hydrogens is 317 g/mol. The van der Waals surface area contributed by atoms with E-state index in [0.717, 1.165) is 11.3 Å². The minimum Gasteiger partial charge on any atom is -0.354 e. The maximum absolute atomic E-state index is 13.3. The van der Waals surface area contributed by atoms with Gasteiger partial charge in [-0.15, -0.1) is 0 Å². The summed E-state index contributed by atoms with van der Waals surface area (Å²) in [5.74, 6) is -0.583. The van der Waals surface area contributed by atoms with Gasteiger partial charge in [-0.1, -0.05) is 12.1 Å². The Morgan fingerprint density at radius 1 is 0.920 bits per heavy atom. The lowest BCUT2D eigenvalue weighted by Gasteiger charge is -2.10. The molecule has 126 valence electrons. The van der Waals surface area contributed by atoms with E-state index in [2.05, 4.69) is 15.6 Å². The van der Waals surface area contributed by atoms with Crippen LogP contribution in [0.3, 0.4) is 0 Å². The molecule has 0 saturated carbocycles. The summed E-state index contributed by atoms with van der Waals surface area (Å²) < 4.78 is 13.3. The number of pyridine rings is 1. The molecule has 0 fully saturated rings. The van der Waals surface area contributed by atoms with Gasteiger partial charge < -0.3 is 10.6 Å². The van der Waals surface area contributed by atoms with Gasteiger partial charge in [-0.2, -0.15) is 0 Å². The number of carbonyl (C=O) groups is 1. The fraction of sp³-hybridized carbons (Fsp3) is 0.100. The topological polar surface area (TPSA) is 54.0 Å². The highest BCUT2D eigenvalue weighted by Gasteiger charge is 2.08. The minimum absolute atomic E-state index is 0.251. The fourth-order valence-electron chi connectivity index (χ4n) is 2.39. The standard InChI is InChI=1S/C20H18FN3O/c1-13-6-7-18(8-14(13)2)24-20(25)15-9-19(12-22-11-15)23-17-5-3-4-16(21)10-17/h3-12,23H,1-2H3,(H,24,25). The Bertz CT molecular complexity index is 924. The van der Waals surface area contributed by atoms with Crippen molar-refractivity contribution >= 4 is 23.0 Å². The Labute approximate surface area is 145 Å². The molecule has 3 rings (SSSR count). The first-order valence-corrected chi connectivity index (χ1v) is 7.87. The number of carbonyl (C=O) groups excluding carboxylic acids is 1. The number of hydrogen-bond donors (Lipinski definition) is 2. The summed E-state index contributed by atoms with van der Waals surface area (Å²) in [6.45, 7) is 4.02. The average molecular weight is 335 g/mol. The van der Waals surface area contributed by atoms with E-state index in [1.165, 1.54) is 23.9 Å². The van der Waals surface area contributed by atoms with Crippen molar-refractivity contribution in [3.05, 3.63) is 83.4 Å². The highest BCUT2D eigenvalue weighted by molar-refractivity contribution is 6.04. The van der Waals surface area contributed by atoms with Gasteiger partial charge in [-0.25, -0.2) is 4.39 Å². The zero-order valence-corrected chi connectivity index (χ0v) is 14.0. The summed E-state index contributed by atoms with van der Waals surface area (Å²) in [7, 11) is 0. The number of anilines is 3. The third-order valence-corrected chi connectivity index (χ3v) is 3.88. The number of aryl methyl sites for hydroxylation is 2. The van der Waals surface area contributed by atoms with Crippen LogP contribution < -0.4 is 10.6 Å². The van der Waals surface area contributed by atoms with E-state index in [4.69, 9.17) is 0 Å². The molecule has 2 N–H and O–H groups in total. The number of rotatable bonds is 4. The Balaban J connectivity index is 1.76. The van der Waals surface area contributed by atoms with Crippen LogP contribution in [-0.4, -0.2) is 10.9 Å². The molecule has 0 aliphatic heterocycles. The maximum Gasteiger partial charge on any atom is 0.257 e. The number of aromatic nitrogens is 1. The lowest BCUT2D eigenvalue weighted by atomic mass is 10.1. The predicted molar refractivity (Wildman–Crippen MR) is 97.8 cm³/mol. The average Bonchev–Trinajstić information content (AvgIpc) is 2.58. The lowest BCUT2D eigenvalue weighted by molar-refractivity contribution is 0.102. The molecule has 2 aromatic carbocycles. The van der Waals surface area contributed by atoms with Crippen molar-refractivity contribution in [1.29, 1.82) is 0 Å². The van der Waals surface area contributed by atoms with Crippen LogP contribution in [-0.2, 0) is 0 Å². The van der Waals surface area contributed by atoms with Crippen LogP contribution in [0.15, 0.2) is 60.9 Å². The Morgan fingerprint density at radius 2 is 1.76 bits per heavy atom. The van der Waals surface area contributed by atoms with Crippen molar-refractivity contribution in [3.63, 3.8) is 0 Å². The van der Waals surface area contributed by atoms with Crippen molar-refractivity contribution in [2.75, 3.05) is 10.6 Å². The van der Waals surface area contributed by atoms with Crippen LogP contribution in [0, 0.1) is 19.7 Å². The molecule has 0 atom stereocenters. The van der Waals surface area contributed by atoms with E-state index in [1.54, 1.807) is 24.4 Å². The van der Waals surface area contributed by atoms with Crippen LogP contribution in [0.2, 0.25) is 0 Å². The van der Waals surface area contributed by atoms with Gasteiger partial charge in [0.1, 0.15) is 5.82 Å². The quantitative estimate of drug-likeness (QED) is 0.718. The van der Waals surface area contributed by atoms with E-state index in [9.17, 15) is 9.18 Å². The third kappa shape index (κ3) is 4.20. The fourth-order valence-corrected chi connectivity index (χ4v) is 2.39. The highest BCUT2D eigenvalue weighted by Crippen LogP contribution is 2.19. The van der Waals surface area contributed by atoms with E-state index in [1.807, 2.05) is 32.0 Å². The van der Waals surface area contributed by atoms with Crippen molar-refractivity contribution in [3.8, 4) is 0 Å². The molecule has 0 bridgehead atoms. The van der Waals surface area contributed by atoms with Crippen molar-refractivity contribution in [1.82, 2.24) is 4.98 Å². The van der Waals surface area contributed by atoms with Gasteiger partial charge in [0.15, 0.2) is 0 Å². The van der Waals surface area contributed by atoms with Gasteiger partial charge in [0.05, 0.1) is 17.4 Å². The van der Waals surface area contributed by atoms with Crippen molar-refractivity contribution in [2.24, 2.45) is 0 Å². The molecule has 3 aromatic rings. The summed E-state index contributed by atoms with van der Waals surface area (Å²) in [5, 5.41) is 5.90. The molecule has 4 nitrogen and oxygen atoms in total. The molecule has 0 aliphatic rings. The lowest BCUT2D eigenvalue weighted by Crippen LogP contribution is -2.12. The van der Waals surface area contributed by atoms with E-state index >= 15 is 0 Å². The van der Waals surface area contributed by atoms with E-state index in [0.29, 0.717) is 16.9 Å². The second kappa shape index (κ2) is 7.13. The number of benzene rings is 2. The monoisotopic (exact) mass is 335 g/mol. The molecule has 0 saturated heterocycles. The van der Waals surface area contributed by atoms with Gasteiger partial charge in [-0.3, -0.25) is 9.78 Å². The molecule has 1 heterocycles. The van der Waals surface area contributed by atoms with Gasteiger partial charge in [-0.05, 0) is 61.4 Å². The first-order valence-electron chi connectivity index (χ1n) is 7.87. The Morgan fingerprint density at radius 3 is 2.52 bits per heavy atom. The minimum atomic E-state index is -0.332. The molecular formula is C20H18FN3O. The summed E-state index contributed by atoms with van der Waals surface area (Å²) in [6, 6.07) is 13.5. The second-order valence-corrected chi connectivity index (χ2v) is 5.85.